The Morgan fingerprint density at radius 1 is 1.23 bits per heavy atom. The van der Waals surface area contributed by atoms with Crippen molar-refractivity contribution in [1.82, 2.24) is 0 Å². The van der Waals surface area contributed by atoms with Gasteiger partial charge in [-0.1, -0.05) is 55.9 Å². The number of aryl methyl sites for hydroxylation is 1. The number of hydrogen-bond acceptors (Lipinski definition) is 1. The van der Waals surface area contributed by atoms with Gasteiger partial charge in [0, 0.05) is 12.1 Å². The molecule has 2 heteroatoms. The lowest BCUT2D eigenvalue weighted by Crippen LogP contribution is -2.33. The van der Waals surface area contributed by atoms with Crippen LogP contribution in [-0.2, 0) is 6.54 Å². The summed E-state index contributed by atoms with van der Waals surface area (Å²) in [6.45, 7) is 11.9. The molecule has 1 unspecified atom stereocenters. The normalized spacial score (nSPS) is 19.8. The van der Waals surface area contributed by atoms with E-state index in [1.165, 1.54) is 39.2 Å². The average Bonchev–Trinajstić information content (AvgIpc) is 2.85. The molecule has 1 nitrogen and oxygen atoms in total. The number of para-hydroxylation sites is 1. The van der Waals surface area contributed by atoms with Gasteiger partial charge in [-0.25, -0.2) is 0 Å². The van der Waals surface area contributed by atoms with E-state index in [0.29, 0.717) is 0 Å². The smallest absolute Gasteiger partial charge is 0.182 e. The maximum atomic E-state index is 2.43. The van der Waals surface area contributed by atoms with Gasteiger partial charge < -0.3 is 0 Å². The average molecular weight is 315 g/mol. The van der Waals surface area contributed by atoms with E-state index in [1.54, 1.807) is 0 Å². The molecule has 0 radical (unpaired) electrons. The first-order chi connectivity index (χ1) is 10.7. The van der Waals surface area contributed by atoms with E-state index < -0.39 is 0 Å². The number of aromatic nitrogens is 1. The molecule has 118 valence electrons. The molecule has 1 aliphatic rings. The van der Waals surface area contributed by atoms with E-state index in [2.05, 4.69) is 61.8 Å². The Morgan fingerprint density at radius 2 is 1.95 bits per heavy atom. The summed E-state index contributed by atoms with van der Waals surface area (Å²) in [4.78, 5) is 0. The molecule has 1 aromatic carbocycles. The number of allylic oxidation sites excluding steroid dienone is 3. The predicted octanol–water partition coefficient (Wildman–Crippen LogP) is 5.99. The fourth-order valence-corrected chi connectivity index (χ4v) is 4.41. The highest BCUT2D eigenvalue weighted by atomic mass is 32.1. The Labute approximate surface area is 139 Å². The van der Waals surface area contributed by atoms with Crippen LogP contribution in [0.4, 0.5) is 0 Å². The first-order valence-electron chi connectivity index (χ1n) is 8.46. The van der Waals surface area contributed by atoms with Crippen LogP contribution in [0.5, 0.6) is 0 Å². The van der Waals surface area contributed by atoms with E-state index in [0.717, 1.165) is 12.5 Å². The number of hydrogen-bond donors (Lipinski definition) is 0. The maximum absolute atomic E-state index is 2.43. The Balaban J connectivity index is 0.000000847. The molecule has 0 amide bonds. The maximum Gasteiger partial charge on any atom is 0.263 e. The van der Waals surface area contributed by atoms with Crippen molar-refractivity contribution in [2.45, 2.75) is 54.0 Å². The second-order valence-corrected chi connectivity index (χ2v) is 6.94. The third-order valence-corrected chi connectivity index (χ3v) is 5.06. The Bertz CT molecular complexity index is 691. The van der Waals surface area contributed by atoms with Gasteiger partial charge in [0.1, 0.15) is 11.2 Å². The molecule has 1 aromatic heterocycles. The topological polar surface area (TPSA) is 3.88 Å². The van der Waals surface area contributed by atoms with Crippen LogP contribution in [0.1, 0.15) is 52.5 Å². The van der Waals surface area contributed by atoms with Crippen molar-refractivity contribution in [3.05, 3.63) is 46.5 Å². The van der Waals surface area contributed by atoms with Crippen molar-refractivity contribution in [3.8, 4) is 0 Å². The Morgan fingerprint density at radius 3 is 2.64 bits per heavy atom. The highest BCUT2D eigenvalue weighted by molar-refractivity contribution is 7.18. The molecule has 0 N–H and O–H groups in total. The lowest BCUT2D eigenvalue weighted by Gasteiger charge is -2.18. The van der Waals surface area contributed by atoms with Gasteiger partial charge in [0.05, 0.1) is 0 Å². The fraction of sp³-hybridized carbons (Fsp3) is 0.450. The van der Waals surface area contributed by atoms with Crippen LogP contribution in [0.25, 0.3) is 16.3 Å². The van der Waals surface area contributed by atoms with Crippen molar-refractivity contribution in [1.29, 1.82) is 0 Å². The minimum atomic E-state index is 0.774. The number of fused-ring (bicyclic) bond motifs is 1. The third-order valence-electron chi connectivity index (χ3n) is 3.95. The zero-order valence-electron chi connectivity index (χ0n) is 14.5. The molecule has 1 atom stereocenters. The molecular weight excluding hydrogens is 286 g/mol. The van der Waals surface area contributed by atoms with Crippen LogP contribution in [0.3, 0.4) is 0 Å². The zero-order valence-corrected chi connectivity index (χ0v) is 15.3. The van der Waals surface area contributed by atoms with E-state index in [1.807, 2.05) is 25.2 Å². The molecule has 1 aliphatic carbocycles. The first-order valence-corrected chi connectivity index (χ1v) is 9.28. The lowest BCUT2D eigenvalue weighted by molar-refractivity contribution is -0.665. The van der Waals surface area contributed by atoms with Crippen LogP contribution < -0.4 is 4.57 Å². The van der Waals surface area contributed by atoms with Gasteiger partial charge >= 0.3 is 0 Å². The Kier molecular flexibility index (Phi) is 5.96. The van der Waals surface area contributed by atoms with Crippen LogP contribution >= 0.6 is 11.3 Å². The van der Waals surface area contributed by atoms with Gasteiger partial charge in [0.2, 0.25) is 5.52 Å². The Hall–Kier alpha value is -1.41. The molecule has 0 spiro atoms. The minimum absolute atomic E-state index is 0.774. The van der Waals surface area contributed by atoms with E-state index in [-0.39, 0.29) is 0 Å². The van der Waals surface area contributed by atoms with E-state index in [4.69, 9.17) is 0 Å². The molecule has 0 saturated heterocycles. The summed E-state index contributed by atoms with van der Waals surface area (Å²) in [5, 5.41) is 1.38. The summed E-state index contributed by atoms with van der Waals surface area (Å²) in [5.74, 6) is 0.774. The summed E-state index contributed by atoms with van der Waals surface area (Å²) < 4.78 is 3.81. The van der Waals surface area contributed by atoms with Gasteiger partial charge in [-0.3, -0.25) is 0 Å². The molecule has 22 heavy (non-hydrogen) atoms. The molecule has 0 fully saturated rings. The summed E-state index contributed by atoms with van der Waals surface area (Å²) in [6.07, 6.45) is 7.23. The first kappa shape index (κ1) is 17.0. The van der Waals surface area contributed by atoms with Crippen LogP contribution in [0.15, 0.2) is 41.5 Å². The molecule has 1 heterocycles. The molecular formula is C20H28NS+. The van der Waals surface area contributed by atoms with E-state index in [9.17, 15) is 0 Å². The second-order valence-electron chi connectivity index (χ2n) is 5.88. The molecule has 0 bridgehead atoms. The quantitative estimate of drug-likeness (QED) is 0.599. The van der Waals surface area contributed by atoms with Crippen molar-refractivity contribution in [2.24, 2.45) is 5.92 Å². The number of benzene rings is 1. The lowest BCUT2D eigenvalue weighted by atomic mass is 9.88. The van der Waals surface area contributed by atoms with Crippen LogP contribution in [0.2, 0.25) is 0 Å². The number of nitrogens with zero attached hydrogens (tertiary/aromatic N) is 1. The van der Waals surface area contributed by atoms with Crippen molar-refractivity contribution in [2.75, 3.05) is 0 Å². The van der Waals surface area contributed by atoms with Gasteiger partial charge in [-0.2, -0.15) is 4.57 Å². The minimum Gasteiger partial charge on any atom is -0.182 e. The monoisotopic (exact) mass is 314 g/mol. The molecule has 2 aromatic rings. The summed E-state index contributed by atoms with van der Waals surface area (Å²) in [6, 6.07) is 8.70. The highest BCUT2D eigenvalue weighted by Crippen LogP contribution is 2.30. The van der Waals surface area contributed by atoms with Crippen molar-refractivity contribution >= 4 is 27.6 Å². The van der Waals surface area contributed by atoms with E-state index >= 15 is 0 Å². The SMILES string of the molecule is CC.CC[n+]1c(/C=C2/C=C(C)CC(C)C2)sc2ccccc21. The van der Waals surface area contributed by atoms with Crippen LogP contribution in [-0.4, -0.2) is 0 Å². The van der Waals surface area contributed by atoms with Crippen molar-refractivity contribution < 1.29 is 4.57 Å². The largest absolute Gasteiger partial charge is 0.263 e. The zero-order chi connectivity index (χ0) is 16.1. The summed E-state index contributed by atoms with van der Waals surface area (Å²) in [5.41, 5.74) is 4.35. The van der Waals surface area contributed by atoms with Gasteiger partial charge in [0.25, 0.3) is 5.01 Å². The van der Waals surface area contributed by atoms with Crippen molar-refractivity contribution in [3.63, 3.8) is 0 Å². The predicted molar refractivity (Wildman–Crippen MR) is 99.2 cm³/mol. The molecule has 0 aliphatic heterocycles. The van der Waals surface area contributed by atoms with Gasteiger partial charge in [-0.05, 0) is 44.2 Å². The standard InChI is InChI=1S/C18H22NS.C2H6/c1-4-19-16-7-5-6-8-17(16)20-18(19)12-15-10-13(2)9-14(3)11-15;1-2/h5-8,10,12,14H,4,9,11H2,1-3H3;1-2H3/q+1;/b15-12-;. The fourth-order valence-electron chi connectivity index (χ4n) is 3.20. The number of thiazole rings is 1. The number of rotatable bonds is 2. The summed E-state index contributed by atoms with van der Waals surface area (Å²) >= 11 is 1.90. The van der Waals surface area contributed by atoms with Gasteiger partial charge in [0.15, 0.2) is 0 Å². The summed E-state index contributed by atoms with van der Waals surface area (Å²) in [7, 11) is 0. The molecule has 0 saturated carbocycles. The second kappa shape index (κ2) is 7.73. The van der Waals surface area contributed by atoms with Crippen LogP contribution in [0, 0.1) is 5.92 Å². The van der Waals surface area contributed by atoms with Gasteiger partial charge in [-0.15, -0.1) is 0 Å². The molecule has 3 rings (SSSR count). The third kappa shape index (κ3) is 3.67. The highest BCUT2D eigenvalue weighted by Gasteiger charge is 2.19.